The number of nitrogen functional groups attached to an aromatic ring is 1. The number of methoxy groups -OCH3 is 1. The molecule has 0 fully saturated rings. The van der Waals surface area contributed by atoms with Gasteiger partial charge in [-0.1, -0.05) is 6.07 Å². The molecule has 1 aromatic heterocycles. The van der Waals surface area contributed by atoms with E-state index in [-0.39, 0.29) is 12.2 Å². The molecule has 112 valence electrons. The Bertz CT molecular complexity index is 721. The van der Waals surface area contributed by atoms with E-state index in [9.17, 15) is 9.59 Å². The van der Waals surface area contributed by atoms with Crippen LogP contribution in [0.5, 0.6) is 0 Å². The van der Waals surface area contributed by atoms with E-state index >= 15 is 0 Å². The number of benzene rings is 1. The first-order chi connectivity index (χ1) is 10.1. The number of hydrogen-bond acceptors (Lipinski definition) is 5. The summed E-state index contributed by atoms with van der Waals surface area (Å²) in [4.78, 5) is 24.4. The molecule has 1 aromatic carbocycles. The van der Waals surface area contributed by atoms with Crippen LogP contribution in [0.3, 0.4) is 0 Å². The molecule has 0 aliphatic carbocycles. The number of aromatic nitrogens is 1. The van der Waals surface area contributed by atoms with Crippen molar-refractivity contribution in [1.29, 1.82) is 0 Å². The van der Waals surface area contributed by atoms with Crippen LogP contribution in [0, 0.1) is 0 Å². The highest BCUT2D eigenvalue weighted by atomic mass is 16.5. The summed E-state index contributed by atoms with van der Waals surface area (Å²) in [5.74, 6) is -0.640. The van der Waals surface area contributed by atoms with Crippen molar-refractivity contribution in [3.05, 3.63) is 40.2 Å². The number of carbonyl (C=O) groups is 1. The first-order valence-electron chi connectivity index (χ1n) is 6.67. The highest BCUT2D eigenvalue weighted by molar-refractivity contribution is 5.97. The zero-order valence-electron chi connectivity index (χ0n) is 12.1. The number of nitrogens with two attached hydrogens (primary N) is 1. The summed E-state index contributed by atoms with van der Waals surface area (Å²) in [7, 11) is 1.59. The Labute approximate surface area is 122 Å². The number of nitrogens with zero attached hydrogens (tertiary/aromatic N) is 1. The molecule has 0 aliphatic rings. The van der Waals surface area contributed by atoms with E-state index in [1.54, 1.807) is 36.8 Å². The Morgan fingerprint density at radius 2 is 2.14 bits per heavy atom. The largest absolute Gasteiger partial charge is 0.462 e. The fourth-order valence-electron chi connectivity index (χ4n) is 2.19. The van der Waals surface area contributed by atoms with Crippen LogP contribution in [0.1, 0.15) is 17.3 Å². The molecule has 0 saturated carbocycles. The first kappa shape index (κ1) is 15.1. The summed E-state index contributed by atoms with van der Waals surface area (Å²) >= 11 is 0. The summed E-state index contributed by atoms with van der Waals surface area (Å²) in [6.45, 7) is 2.85. The predicted octanol–water partition coefficient (Wildman–Crippen LogP) is 1.41. The van der Waals surface area contributed by atoms with Gasteiger partial charge in [0.1, 0.15) is 5.56 Å². The van der Waals surface area contributed by atoms with Crippen LogP contribution < -0.4 is 11.2 Å². The van der Waals surface area contributed by atoms with Gasteiger partial charge in [0.15, 0.2) is 0 Å². The van der Waals surface area contributed by atoms with Crippen molar-refractivity contribution in [3.63, 3.8) is 0 Å². The smallest absolute Gasteiger partial charge is 0.343 e. The SMILES string of the molecule is CCOC(=O)c1cn(CCOC)c2cccc(N)c2c1=O. The summed E-state index contributed by atoms with van der Waals surface area (Å²) in [6, 6.07) is 5.20. The zero-order chi connectivity index (χ0) is 15.4. The lowest BCUT2D eigenvalue weighted by molar-refractivity contribution is 0.0524. The van der Waals surface area contributed by atoms with Crippen LogP contribution >= 0.6 is 0 Å². The molecule has 1 heterocycles. The molecule has 0 bridgehead atoms. The monoisotopic (exact) mass is 290 g/mol. The van der Waals surface area contributed by atoms with E-state index in [1.165, 1.54) is 6.20 Å². The Hall–Kier alpha value is -2.34. The Morgan fingerprint density at radius 3 is 2.81 bits per heavy atom. The average Bonchev–Trinajstić information content (AvgIpc) is 2.46. The molecular formula is C15H18N2O4. The number of esters is 1. The molecular weight excluding hydrogens is 272 g/mol. The van der Waals surface area contributed by atoms with Crippen molar-refractivity contribution in [3.8, 4) is 0 Å². The molecule has 0 atom stereocenters. The van der Waals surface area contributed by atoms with Gasteiger partial charge in [-0.05, 0) is 19.1 Å². The first-order valence-corrected chi connectivity index (χ1v) is 6.67. The number of rotatable bonds is 5. The van der Waals surface area contributed by atoms with Gasteiger partial charge >= 0.3 is 5.97 Å². The van der Waals surface area contributed by atoms with Gasteiger partial charge in [0, 0.05) is 25.5 Å². The van der Waals surface area contributed by atoms with E-state index in [2.05, 4.69) is 0 Å². The van der Waals surface area contributed by atoms with Crippen LogP contribution in [0.25, 0.3) is 10.9 Å². The number of carbonyl (C=O) groups excluding carboxylic acids is 1. The Kier molecular flexibility index (Phi) is 4.59. The van der Waals surface area contributed by atoms with Crippen molar-refractivity contribution in [2.45, 2.75) is 13.5 Å². The number of hydrogen-bond donors (Lipinski definition) is 1. The third kappa shape index (κ3) is 2.90. The van der Waals surface area contributed by atoms with E-state index < -0.39 is 11.4 Å². The third-order valence-electron chi connectivity index (χ3n) is 3.17. The van der Waals surface area contributed by atoms with Gasteiger partial charge in [-0.25, -0.2) is 4.79 Å². The quantitative estimate of drug-likeness (QED) is 0.665. The third-order valence-corrected chi connectivity index (χ3v) is 3.17. The molecule has 0 radical (unpaired) electrons. The lowest BCUT2D eigenvalue weighted by Gasteiger charge is -2.13. The molecule has 6 heteroatoms. The van der Waals surface area contributed by atoms with Crippen LogP contribution in [0.2, 0.25) is 0 Å². The highest BCUT2D eigenvalue weighted by Crippen LogP contribution is 2.18. The maximum atomic E-state index is 12.5. The molecule has 2 rings (SSSR count). The second kappa shape index (κ2) is 6.41. The summed E-state index contributed by atoms with van der Waals surface area (Å²) in [5.41, 5.74) is 6.49. The summed E-state index contributed by atoms with van der Waals surface area (Å²) < 4.78 is 11.8. The van der Waals surface area contributed by atoms with Gasteiger partial charge in [-0.3, -0.25) is 4.79 Å². The number of fused-ring (bicyclic) bond motifs is 1. The minimum absolute atomic E-state index is 0.0154. The molecule has 0 amide bonds. The topological polar surface area (TPSA) is 83.6 Å². The average molecular weight is 290 g/mol. The van der Waals surface area contributed by atoms with Crippen molar-refractivity contribution >= 4 is 22.6 Å². The molecule has 0 saturated heterocycles. The minimum Gasteiger partial charge on any atom is -0.462 e. The van der Waals surface area contributed by atoms with Crippen molar-refractivity contribution in [1.82, 2.24) is 4.57 Å². The predicted molar refractivity (Wildman–Crippen MR) is 80.5 cm³/mol. The molecule has 0 spiro atoms. The number of anilines is 1. The van der Waals surface area contributed by atoms with Crippen LogP contribution in [0.15, 0.2) is 29.2 Å². The lowest BCUT2D eigenvalue weighted by Crippen LogP contribution is -2.22. The fraction of sp³-hybridized carbons (Fsp3) is 0.333. The van der Waals surface area contributed by atoms with Crippen molar-refractivity contribution in [2.24, 2.45) is 0 Å². The molecule has 21 heavy (non-hydrogen) atoms. The van der Waals surface area contributed by atoms with Crippen LogP contribution in [0.4, 0.5) is 5.69 Å². The van der Waals surface area contributed by atoms with Gasteiger partial charge in [0.25, 0.3) is 0 Å². The second-order valence-corrected chi connectivity index (χ2v) is 4.52. The minimum atomic E-state index is -0.640. The van der Waals surface area contributed by atoms with Crippen molar-refractivity contribution in [2.75, 3.05) is 26.1 Å². The van der Waals surface area contributed by atoms with E-state index in [0.29, 0.717) is 29.7 Å². The van der Waals surface area contributed by atoms with Gasteiger partial charge in [0.05, 0.1) is 24.1 Å². The van der Waals surface area contributed by atoms with Gasteiger partial charge in [0.2, 0.25) is 5.43 Å². The van der Waals surface area contributed by atoms with Gasteiger partial charge in [-0.15, -0.1) is 0 Å². The van der Waals surface area contributed by atoms with E-state index in [4.69, 9.17) is 15.2 Å². The summed E-state index contributed by atoms with van der Waals surface area (Å²) in [5, 5.41) is 0.333. The molecule has 2 N–H and O–H groups in total. The van der Waals surface area contributed by atoms with E-state index in [0.717, 1.165) is 0 Å². The highest BCUT2D eigenvalue weighted by Gasteiger charge is 2.17. The molecule has 0 aliphatic heterocycles. The van der Waals surface area contributed by atoms with Crippen molar-refractivity contribution < 1.29 is 14.3 Å². The fourth-order valence-corrected chi connectivity index (χ4v) is 2.19. The molecule has 0 unspecified atom stereocenters. The lowest BCUT2D eigenvalue weighted by atomic mass is 10.1. The second-order valence-electron chi connectivity index (χ2n) is 4.52. The van der Waals surface area contributed by atoms with Gasteiger partial charge in [-0.2, -0.15) is 0 Å². The maximum absolute atomic E-state index is 12.5. The van der Waals surface area contributed by atoms with E-state index in [1.807, 2.05) is 0 Å². The normalized spacial score (nSPS) is 10.8. The summed E-state index contributed by atoms with van der Waals surface area (Å²) in [6.07, 6.45) is 1.50. The number of ether oxygens (including phenoxy) is 2. The van der Waals surface area contributed by atoms with Gasteiger partial charge < -0.3 is 19.8 Å². The van der Waals surface area contributed by atoms with Crippen LogP contribution in [-0.4, -0.2) is 30.9 Å². The Morgan fingerprint density at radius 1 is 1.38 bits per heavy atom. The number of pyridine rings is 1. The Balaban J connectivity index is 2.71. The zero-order valence-corrected chi connectivity index (χ0v) is 12.1. The molecule has 6 nitrogen and oxygen atoms in total. The molecule has 2 aromatic rings. The standard InChI is InChI=1S/C15H18N2O4/c1-3-21-15(19)10-9-17(7-8-20-2)12-6-4-5-11(16)13(12)14(10)18/h4-6,9H,3,7-8,16H2,1-2H3. The van der Waals surface area contributed by atoms with Crippen LogP contribution in [-0.2, 0) is 16.0 Å². The maximum Gasteiger partial charge on any atom is 0.343 e.